The van der Waals surface area contributed by atoms with Crippen LogP contribution in [0.25, 0.3) is 0 Å². The standard InChI is InChI=1S/C18H26N2O3/c1-23-16-11-7-6-8-14(16)12-13-19-17(21)18(22)20-15-9-4-2-3-5-10-15/h6-8,11,15H,2-5,9-10,12-13H2,1H3,(H,19,21)(H,20,22). The fourth-order valence-electron chi connectivity index (χ4n) is 2.98. The van der Waals surface area contributed by atoms with E-state index < -0.39 is 11.8 Å². The molecule has 0 atom stereocenters. The Kier molecular flexibility index (Phi) is 6.91. The Labute approximate surface area is 137 Å². The normalized spacial score (nSPS) is 15.5. The molecular formula is C18H26N2O3. The van der Waals surface area contributed by atoms with Gasteiger partial charge < -0.3 is 15.4 Å². The van der Waals surface area contributed by atoms with Crippen molar-refractivity contribution in [3.8, 4) is 5.75 Å². The summed E-state index contributed by atoms with van der Waals surface area (Å²) in [7, 11) is 1.62. The number of rotatable bonds is 5. The van der Waals surface area contributed by atoms with Gasteiger partial charge >= 0.3 is 11.8 Å². The van der Waals surface area contributed by atoms with Gasteiger partial charge in [-0.25, -0.2) is 0 Å². The van der Waals surface area contributed by atoms with Crippen molar-refractivity contribution in [1.29, 1.82) is 0 Å². The van der Waals surface area contributed by atoms with Crippen LogP contribution in [-0.4, -0.2) is 31.5 Å². The predicted octanol–water partition coefficient (Wildman–Crippen LogP) is 2.19. The molecule has 5 heteroatoms. The fourth-order valence-corrected chi connectivity index (χ4v) is 2.98. The Bertz CT molecular complexity index is 523. The number of amides is 2. The molecule has 1 fully saturated rings. The van der Waals surface area contributed by atoms with Crippen molar-refractivity contribution in [2.45, 2.75) is 51.0 Å². The van der Waals surface area contributed by atoms with Gasteiger partial charge in [0.05, 0.1) is 7.11 Å². The van der Waals surface area contributed by atoms with Crippen LogP contribution < -0.4 is 15.4 Å². The molecule has 1 aromatic rings. The van der Waals surface area contributed by atoms with E-state index in [1.54, 1.807) is 7.11 Å². The summed E-state index contributed by atoms with van der Waals surface area (Å²) < 4.78 is 5.27. The average Bonchev–Trinajstić information content (AvgIpc) is 2.83. The Balaban J connectivity index is 1.74. The number of ether oxygens (including phenoxy) is 1. The van der Waals surface area contributed by atoms with Crippen LogP contribution in [0.2, 0.25) is 0 Å². The maximum Gasteiger partial charge on any atom is 0.309 e. The molecule has 0 radical (unpaired) electrons. The lowest BCUT2D eigenvalue weighted by molar-refractivity contribution is -0.139. The van der Waals surface area contributed by atoms with E-state index in [0.717, 1.165) is 37.0 Å². The molecule has 23 heavy (non-hydrogen) atoms. The van der Waals surface area contributed by atoms with Crippen LogP contribution in [0.5, 0.6) is 5.75 Å². The van der Waals surface area contributed by atoms with E-state index >= 15 is 0 Å². The third-order valence-corrected chi connectivity index (χ3v) is 4.27. The van der Waals surface area contributed by atoms with Crippen molar-refractivity contribution in [3.63, 3.8) is 0 Å². The topological polar surface area (TPSA) is 67.4 Å². The zero-order valence-corrected chi connectivity index (χ0v) is 13.8. The van der Waals surface area contributed by atoms with Crippen molar-refractivity contribution in [2.24, 2.45) is 0 Å². The van der Waals surface area contributed by atoms with E-state index in [4.69, 9.17) is 4.74 Å². The molecule has 0 unspecified atom stereocenters. The smallest absolute Gasteiger partial charge is 0.309 e. The van der Waals surface area contributed by atoms with Crippen LogP contribution in [0.3, 0.4) is 0 Å². The highest BCUT2D eigenvalue weighted by Crippen LogP contribution is 2.18. The number of hydrogen-bond acceptors (Lipinski definition) is 3. The lowest BCUT2D eigenvalue weighted by atomic mass is 10.1. The van der Waals surface area contributed by atoms with Gasteiger partial charge in [-0.1, -0.05) is 43.9 Å². The minimum Gasteiger partial charge on any atom is -0.496 e. The first kappa shape index (κ1) is 17.3. The number of methoxy groups -OCH3 is 1. The van der Waals surface area contributed by atoms with Crippen LogP contribution in [-0.2, 0) is 16.0 Å². The monoisotopic (exact) mass is 318 g/mol. The number of carbonyl (C=O) groups excluding carboxylic acids is 2. The molecule has 1 aromatic carbocycles. The molecule has 2 N–H and O–H groups in total. The summed E-state index contributed by atoms with van der Waals surface area (Å²) in [5.74, 6) is -0.272. The number of benzene rings is 1. The summed E-state index contributed by atoms with van der Waals surface area (Å²) in [6.45, 7) is 0.414. The highest BCUT2D eigenvalue weighted by atomic mass is 16.5. The zero-order chi connectivity index (χ0) is 16.5. The minimum absolute atomic E-state index is 0.143. The van der Waals surface area contributed by atoms with Gasteiger partial charge in [-0.15, -0.1) is 0 Å². The Morgan fingerprint density at radius 2 is 1.78 bits per heavy atom. The maximum absolute atomic E-state index is 11.9. The molecule has 0 bridgehead atoms. The first-order chi connectivity index (χ1) is 11.2. The maximum atomic E-state index is 11.9. The quantitative estimate of drug-likeness (QED) is 0.646. The SMILES string of the molecule is COc1ccccc1CCNC(=O)C(=O)NC1CCCCCC1. The van der Waals surface area contributed by atoms with Gasteiger partial charge in [0.15, 0.2) is 0 Å². The zero-order valence-electron chi connectivity index (χ0n) is 13.8. The molecule has 1 saturated carbocycles. The third-order valence-electron chi connectivity index (χ3n) is 4.27. The Morgan fingerprint density at radius 1 is 1.09 bits per heavy atom. The van der Waals surface area contributed by atoms with Gasteiger partial charge in [0, 0.05) is 12.6 Å². The molecule has 0 heterocycles. The average molecular weight is 318 g/mol. The summed E-state index contributed by atoms with van der Waals surface area (Å²) in [4.78, 5) is 23.8. The number of hydrogen-bond donors (Lipinski definition) is 2. The molecule has 5 nitrogen and oxygen atoms in total. The molecule has 0 spiro atoms. The molecule has 0 aliphatic heterocycles. The number of carbonyl (C=O) groups is 2. The second-order valence-electron chi connectivity index (χ2n) is 5.98. The van der Waals surface area contributed by atoms with E-state index in [0.29, 0.717) is 13.0 Å². The van der Waals surface area contributed by atoms with Crippen molar-refractivity contribution in [1.82, 2.24) is 10.6 Å². The van der Waals surface area contributed by atoms with Crippen molar-refractivity contribution in [3.05, 3.63) is 29.8 Å². The fraction of sp³-hybridized carbons (Fsp3) is 0.556. The van der Waals surface area contributed by atoms with Gasteiger partial charge in [-0.2, -0.15) is 0 Å². The molecule has 1 aliphatic rings. The van der Waals surface area contributed by atoms with Gasteiger partial charge in [-0.3, -0.25) is 9.59 Å². The van der Waals surface area contributed by atoms with Crippen LogP contribution in [0.1, 0.15) is 44.1 Å². The van der Waals surface area contributed by atoms with E-state index in [1.807, 2.05) is 24.3 Å². The largest absolute Gasteiger partial charge is 0.496 e. The molecule has 2 amide bonds. The van der Waals surface area contributed by atoms with Gasteiger partial charge in [-0.05, 0) is 30.9 Å². The van der Waals surface area contributed by atoms with E-state index in [9.17, 15) is 9.59 Å². The first-order valence-electron chi connectivity index (χ1n) is 8.41. The lowest BCUT2D eigenvalue weighted by Gasteiger charge is -2.16. The number of nitrogens with one attached hydrogen (secondary N) is 2. The van der Waals surface area contributed by atoms with Crippen LogP contribution in [0.15, 0.2) is 24.3 Å². The lowest BCUT2D eigenvalue weighted by Crippen LogP contribution is -2.44. The van der Waals surface area contributed by atoms with Crippen LogP contribution in [0, 0.1) is 0 Å². The highest BCUT2D eigenvalue weighted by molar-refractivity contribution is 6.35. The molecule has 1 aliphatic carbocycles. The molecule has 126 valence electrons. The number of para-hydroxylation sites is 1. The van der Waals surface area contributed by atoms with E-state index in [-0.39, 0.29) is 6.04 Å². The van der Waals surface area contributed by atoms with Gasteiger partial charge in [0.25, 0.3) is 0 Å². The van der Waals surface area contributed by atoms with Crippen LogP contribution in [0.4, 0.5) is 0 Å². The Hall–Kier alpha value is -2.04. The van der Waals surface area contributed by atoms with Crippen molar-refractivity contribution < 1.29 is 14.3 Å². The van der Waals surface area contributed by atoms with E-state index in [1.165, 1.54) is 12.8 Å². The third kappa shape index (κ3) is 5.58. The highest BCUT2D eigenvalue weighted by Gasteiger charge is 2.19. The summed E-state index contributed by atoms with van der Waals surface area (Å²) in [5.41, 5.74) is 1.01. The minimum atomic E-state index is -0.552. The summed E-state index contributed by atoms with van der Waals surface area (Å²) in [6, 6.07) is 7.82. The predicted molar refractivity (Wildman–Crippen MR) is 89.3 cm³/mol. The Morgan fingerprint density at radius 3 is 2.48 bits per heavy atom. The second kappa shape index (κ2) is 9.18. The van der Waals surface area contributed by atoms with Crippen LogP contribution >= 0.6 is 0 Å². The first-order valence-corrected chi connectivity index (χ1v) is 8.41. The molecule has 2 rings (SSSR count). The molecule has 0 saturated heterocycles. The summed E-state index contributed by atoms with van der Waals surface area (Å²) >= 11 is 0. The summed E-state index contributed by atoms with van der Waals surface area (Å²) in [6.07, 6.45) is 7.27. The van der Waals surface area contributed by atoms with Crippen molar-refractivity contribution in [2.75, 3.05) is 13.7 Å². The summed E-state index contributed by atoms with van der Waals surface area (Å²) in [5, 5.41) is 5.54. The van der Waals surface area contributed by atoms with Gasteiger partial charge in [0.1, 0.15) is 5.75 Å². The molecule has 0 aromatic heterocycles. The second-order valence-corrected chi connectivity index (χ2v) is 5.98. The molecular weight excluding hydrogens is 292 g/mol. The van der Waals surface area contributed by atoms with Crippen molar-refractivity contribution >= 4 is 11.8 Å². The van der Waals surface area contributed by atoms with Gasteiger partial charge in [0.2, 0.25) is 0 Å². The van der Waals surface area contributed by atoms with E-state index in [2.05, 4.69) is 10.6 Å².